The van der Waals surface area contributed by atoms with E-state index in [2.05, 4.69) is 38.4 Å². The highest BCUT2D eigenvalue weighted by Gasteiger charge is 2.32. The Kier molecular flexibility index (Phi) is 2.64. The second kappa shape index (κ2) is 4.68. The highest BCUT2D eigenvalue weighted by Crippen LogP contribution is 2.42. The van der Waals surface area contributed by atoms with Crippen LogP contribution in [0.4, 0.5) is 0 Å². The van der Waals surface area contributed by atoms with Gasteiger partial charge in [0.25, 0.3) is 0 Å². The Hall–Kier alpha value is -2.14. The third-order valence-corrected chi connectivity index (χ3v) is 4.88. The Morgan fingerprint density at radius 3 is 3.14 bits per heavy atom. The summed E-state index contributed by atoms with van der Waals surface area (Å²) in [6, 6.07) is 6.46. The van der Waals surface area contributed by atoms with E-state index in [0.29, 0.717) is 0 Å². The first kappa shape index (κ1) is 12.4. The summed E-state index contributed by atoms with van der Waals surface area (Å²) in [6.45, 7) is 3.13. The second-order valence-corrected chi connectivity index (χ2v) is 6.54. The fraction of sp³-hybridized carbons (Fsp3) is 0.412. The zero-order chi connectivity index (χ0) is 14.5. The molecule has 1 aliphatic heterocycles. The predicted molar refractivity (Wildman–Crippen MR) is 83.6 cm³/mol. The van der Waals surface area contributed by atoms with Crippen molar-refractivity contribution < 1.29 is 0 Å². The molecule has 2 aliphatic rings. The number of rotatable bonds is 3. The number of H-pyrrole nitrogens is 1. The summed E-state index contributed by atoms with van der Waals surface area (Å²) in [7, 11) is 0. The molecule has 5 rings (SSSR count). The standard InChI is InChI=1S/C17H19N5/c1-2-13(1)17-15-11-21(7-5-16(15)19-20-17)10-12-4-8-22-14(9-12)3-6-18-22/h3-4,6,8-9,13H,1-2,5,7,10-11H2,(H,19,20). The van der Waals surface area contributed by atoms with E-state index in [1.165, 1.54) is 35.4 Å². The van der Waals surface area contributed by atoms with Gasteiger partial charge in [0.15, 0.2) is 0 Å². The van der Waals surface area contributed by atoms with E-state index in [-0.39, 0.29) is 0 Å². The van der Waals surface area contributed by atoms with Gasteiger partial charge in [0.05, 0.1) is 11.2 Å². The van der Waals surface area contributed by atoms with Gasteiger partial charge >= 0.3 is 0 Å². The molecule has 3 aromatic rings. The van der Waals surface area contributed by atoms with Crippen LogP contribution in [-0.2, 0) is 19.5 Å². The molecule has 1 fully saturated rings. The van der Waals surface area contributed by atoms with Crippen molar-refractivity contribution in [3.63, 3.8) is 0 Å². The molecule has 0 saturated heterocycles. The van der Waals surface area contributed by atoms with Gasteiger partial charge in [-0.3, -0.25) is 10.00 Å². The Labute approximate surface area is 128 Å². The minimum absolute atomic E-state index is 0.725. The molecule has 0 unspecified atom stereocenters. The second-order valence-electron chi connectivity index (χ2n) is 6.54. The number of hydrogen-bond donors (Lipinski definition) is 1. The summed E-state index contributed by atoms with van der Waals surface area (Å²) in [5.74, 6) is 0.725. The number of aromatic amines is 1. The van der Waals surface area contributed by atoms with E-state index < -0.39 is 0 Å². The van der Waals surface area contributed by atoms with Gasteiger partial charge in [-0.05, 0) is 36.6 Å². The molecule has 5 nitrogen and oxygen atoms in total. The van der Waals surface area contributed by atoms with Crippen molar-refractivity contribution >= 4 is 5.52 Å². The molecule has 0 spiro atoms. The Morgan fingerprint density at radius 1 is 1.27 bits per heavy atom. The quantitative estimate of drug-likeness (QED) is 0.807. The van der Waals surface area contributed by atoms with Crippen molar-refractivity contribution in [2.24, 2.45) is 0 Å². The Balaban J connectivity index is 1.38. The molecule has 5 heteroatoms. The molecular weight excluding hydrogens is 274 g/mol. The van der Waals surface area contributed by atoms with Crippen molar-refractivity contribution in [2.45, 2.75) is 38.3 Å². The van der Waals surface area contributed by atoms with Crippen LogP contribution in [0.2, 0.25) is 0 Å². The lowest BCUT2D eigenvalue weighted by Crippen LogP contribution is -2.30. The van der Waals surface area contributed by atoms with Crippen molar-refractivity contribution in [3.8, 4) is 0 Å². The van der Waals surface area contributed by atoms with Crippen molar-refractivity contribution in [1.82, 2.24) is 24.7 Å². The van der Waals surface area contributed by atoms with E-state index in [4.69, 9.17) is 0 Å². The van der Waals surface area contributed by atoms with Crippen LogP contribution in [0, 0.1) is 0 Å². The Morgan fingerprint density at radius 2 is 2.23 bits per heavy atom. The third kappa shape index (κ3) is 2.04. The smallest absolute Gasteiger partial charge is 0.0700 e. The van der Waals surface area contributed by atoms with E-state index >= 15 is 0 Å². The molecule has 22 heavy (non-hydrogen) atoms. The first-order valence-corrected chi connectivity index (χ1v) is 8.07. The van der Waals surface area contributed by atoms with Gasteiger partial charge in [-0.25, -0.2) is 4.52 Å². The monoisotopic (exact) mass is 293 g/mol. The number of nitrogens with one attached hydrogen (secondary N) is 1. The predicted octanol–water partition coefficient (Wildman–Crippen LogP) is 2.49. The molecule has 0 atom stereocenters. The molecular formula is C17H19N5. The van der Waals surface area contributed by atoms with Gasteiger partial charge in [0, 0.05) is 55.6 Å². The number of hydrogen-bond acceptors (Lipinski definition) is 3. The van der Waals surface area contributed by atoms with Gasteiger partial charge in [0.2, 0.25) is 0 Å². The van der Waals surface area contributed by atoms with Gasteiger partial charge in [-0.2, -0.15) is 10.2 Å². The number of pyridine rings is 1. The first-order chi connectivity index (χ1) is 10.9. The summed E-state index contributed by atoms with van der Waals surface area (Å²) < 4.78 is 1.92. The maximum absolute atomic E-state index is 4.57. The molecule has 1 N–H and O–H groups in total. The summed E-state index contributed by atoms with van der Waals surface area (Å²) in [6.07, 6.45) is 7.61. The molecule has 3 aromatic heterocycles. The molecule has 0 radical (unpaired) electrons. The minimum atomic E-state index is 0.725. The van der Waals surface area contributed by atoms with E-state index in [1.807, 2.05) is 16.9 Å². The van der Waals surface area contributed by atoms with Crippen molar-refractivity contribution in [1.29, 1.82) is 0 Å². The molecule has 1 saturated carbocycles. The van der Waals surface area contributed by atoms with Crippen LogP contribution in [0.1, 0.15) is 41.3 Å². The molecule has 1 aliphatic carbocycles. The average molecular weight is 293 g/mol. The first-order valence-electron chi connectivity index (χ1n) is 8.07. The third-order valence-electron chi connectivity index (χ3n) is 4.88. The maximum atomic E-state index is 4.57. The highest BCUT2D eigenvalue weighted by atomic mass is 15.2. The fourth-order valence-electron chi connectivity index (χ4n) is 3.53. The van der Waals surface area contributed by atoms with Crippen LogP contribution < -0.4 is 0 Å². The van der Waals surface area contributed by atoms with Gasteiger partial charge < -0.3 is 0 Å². The lowest BCUT2D eigenvalue weighted by atomic mass is 10.0. The molecule has 0 amide bonds. The SMILES string of the molecule is c1cc2cc(CN3CCc4[nH]nc(C5CC5)c4C3)ccn2n1. The molecule has 0 aromatic carbocycles. The highest BCUT2D eigenvalue weighted by molar-refractivity contribution is 5.47. The van der Waals surface area contributed by atoms with Gasteiger partial charge in [-0.1, -0.05) is 0 Å². The van der Waals surface area contributed by atoms with E-state index in [0.717, 1.165) is 37.5 Å². The fourth-order valence-corrected chi connectivity index (χ4v) is 3.53. The normalized spacial score (nSPS) is 18.7. The topological polar surface area (TPSA) is 49.2 Å². The number of aromatic nitrogens is 4. The zero-order valence-electron chi connectivity index (χ0n) is 12.5. The average Bonchev–Trinajstić information content (AvgIpc) is 3.12. The van der Waals surface area contributed by atoms with Gasteiger partial charge in [-0.15, -0.1) is 0 Å². The number of nitrogens with zero attached hydrogens (tertiary/aromatic N) is 4. The van der Waals surface area contributed by atoms with Crippen molar-refractivity contribution in [3.05, 3.63) is 53.1 Å². The van der Waals surface area contributed by atoms with Crippen molar-refractivity contribution in [2.75, 3.05) is 6.54 Å². The van der Waals surface area contributed by atoms with Crippen LogP contribution in [0.5, 0.6) is 0 Å². The van der Waals surface area contributed by atoms with Gasteiger partial charge in [0.1, 0.15) is 0 Å². The minimum Gasteiger partial charge on any atom is -0.294 e. The summed E-state index contributed by atoms with van der Waals surface area (Å²) in [4.78, 5) is 2.53. The number of fused-ring (bicyclic) bond motifs is 2. The maximum Gasteiger partial charge on any atom is 0.0700 e. The van der Waals surface area contributed by atoms with Crippen LogP contribution in [-0.4, -0.2) is 31.3 Å². The van der Waals surface area contributed by atoms with E-state index in [1.54, 1.807) is 0 Å². The molecule has 0 bridgehead atoms. The van der Waals surface area contributed by atoms with Crippen LogP contribution in [0.15, 0.2) is 30.6 Å². The zero-order valence-corrected chi connectivity index (χ0v) is 12.5. The lowest BCUT2D eigenvalue weighted by molar-refractivity contribution is 0.244. The summed E-state index contributed by atoms with van der Waals surface area (Å²) in [5, 5.41) is 12.1. The molecule has 4 heterocycles. The van der Waals surface area contributed by atoms with Crippen LogP contribution in [0.25, 0.3) is 5.52 Å². The summed E-state index contributed by atoms with van der Waals surface area (Å²) in [5.41, 5.74) is 6.69. The van der Waals surface area contributed by atoms with E-state index in [9.17, 15) is 0 Å². The molecule has 112 valence electrons. The Bertz CT molecular complexity index is 827. The lowest BCUT2D eigenvalue weighted by Gasteiger charge is -2.27. The van der Waals surface area contributed by atoms with Crippen LogP contribution in [0.3, 0.4) is 0 Å². The summed E-state index contributed by atoms with van der Waals surface area (Å²) >= 11 is 0. The van der Waals surface area contributed by atoms with Crippen LogP contribution >= 0.6 is 0 Å². The largest absolute Gasteiger partial charge is 0.294 e.